The molecule has 3 N–H and O–H groups in total. The van der Waals surface area contributed by atoms with E-state index in [2.05, 4.69) is 16.0 Å². The van der Waals surface area contributed by atoms with Crippen molar-refractivity contribution in [2.45, 2.75) is 12.5 Å². The van der Waals surface area contributed by atoms with Crippen LogP contribution in [0, 0.1) is 0 Å². The van der Waals surface area contributed by atoms with E-state index in [1.807, 2.05) is 0 Å². The predicted molar refractivity (Wildman–Crippen MR) is 102 cm³/mol. The highest BCUT2D eigenvalue weighted by Crippen LogP contribution is 2.19. The van der Waals surface area contributed by atoms with Crippen LogP contribution in [0.3, 0.4) is 0 Å². The van der Waals surface area contributed by atoms with Crippen LogP contribution in [0.15, 0.2) is 48.5 Å². The van der Waals surface area contributed by atoms with Crippen molar-refractivity contribution < 1.29 is 23.9 Å². The van der Waals surface area contributed by atoms with Crippen LogP contribution in [0.5, 0.6) is 11.5 Å². The van der Waals surface area contributed by atoms with Gasteiger partial charge in [-0.1, -0.05) is 12.1 Å². The van der Waals surface area contributed by atoms with Gasteiger partial charge >= 0.3 is 0 Å². The van der Waals surface area contributed by atoms with Gasteiger partial charge in [0.2, 0.25) is 11.8 Å². The molecule has 8 nitrogen and oxygen atoms in total. The summed E-state index contributed by atoms with van der Waals surface area (Å²) in [6, 6.07) is 12.8. The Bertz CT molecular complexity index is 866. The topological polar surface area (TPSA) is 106 Å². The Morgan fingerprint density at radius 1 is 1.07 bits per heavy atom. The van der Waals surface area contributed by atoms with Crippen LogP contribution < -0.4 is 25.4 Å². The first kappa shape index (κ1) is 19.2. The van der Waals surface area contributed by atoms with Gasteiger partial charge in [0.25, 0.3) is 5.91 Å². The van der Waals surface area contributed by atoms with Crippen molar-refractivity contribution in [3.63, 3.8) is 0 Å². The van der Waals surface area contributed by atoms with E-state index in [0.717, 1.165) is 5.75 Å². The number of benzene rings is 2. The molecule has 0 saturated heterocycles. The lowest BCUT2D eigenvalue weighted by atomic mass is 10.1. The molecule has 0 bridgehead atoms. The molecule has 3 amide bonds. The van der Waals surface area contributed by atoms with Crippen LogP contribution in [0.25, 0.3) is 0 Å². The van der Waals surface area contributed by atoms with Crippen molar-refractivity contribution in [1.82, 2.24) is 10.6 Å². The monoisotopic (exact) mass is 383 g/mol. The summed E-state index contributed by atoms with van der Waals surface area (Å²) in [7, 11) is 1.58. The molecule has 0 radical (unpaired) electrons. The fraction of sp³-hybridized carbons (Fsp3) is 0.250. The minimum Gasteiger partial charge on any atom is -0.497 e. The minimum absolute atomic E-state index is 0.159. The number of carbonyl (C=O) groups excluding carboxylic acids is 3. The lowest BCUT2D eigenvalue weighted by Crippen LogP contribution is -2.45. The molecule has 146 valence electrons. The number of fused-ring (bicyclic) bond motifs is 1. The normalized spacial score (nSPS) is 15.5. The highest BCUT2D eigenvalue weighted by molar-refractivity contribution is 6.10. The minimum atomic E-state index is -0.942. The second-order valence-electron chi connectivity index (χ2n) is 6.14. The first-order chi connectivity index (χ1) is 13.6. The summed E-state index contributed by atoms with van der Waals surface area (Å²) in [6.07, 6.45) is -0.159. The summed E-state index contributed by atoms with van der Waals surface area (Å²) in [5, 5.41) is 7.94. The number of carbonyl (C=O) groups is 3. The smallest absolute Gasteiger partial charge is 0.254 e. The van der Waals surface area contributed by atoms with Gasteiger partial charge in [-0.3, -0.25) is 14.4 Å². The maximum atomic E-state index is 12.3. The van der Waals surface area contributed by atoms with Gasteiger partial charge in [0.15, 0.2) is 0 Å². The molecule has 1 atom stereocenters. The third-order valence-electron chi connectivity index (χ3n) is 4.19. The van der Waals surface area contributed by atoms with Gasteiger partial charge in [0.05, 0.1) is 31.3 Å². The summed E-state index contributed by atoms with van der Waals surface area (Å²) in [6.45, 7) is 0.542. The molecule has 1 heterocycles. The third kappa shape index (κ3) is 4.79. The lowest BCUT2D eigenvalue weighted by Gasteiger charge is -2.14. The number of rotatable bonds is 7. The number of hydrogen-bond donors (Lipinski definition) is 3. The lowest BCUT2D eigenvalue weighted by molar-refractivity contribution is -0.125. The van der Waals surface area contributed by atoms with Crippen LogP contribution in [0.1, 0.15) is 16.8 Å². The Morgan fingerprint density at radius 3 is 2.54 bits per heavy atom. The number of methoxy groups -OCH3 is 1. The molecule has 0 aliphatic carbocycles. The summed E-state index contributed by atoms with van der Waals surface area (Å²) >= 11 is 0. The third-order valence-corrected chi connectivity index (χ3v) is 4.19. The van der Waals surface area contributed by atoms with Crippen molar-refractivity contribution in [3.8, 4) is 11.5 Å². The van der Waals surface area contributed by atoms with Gasteiger partial charge in [-0.25, -0.2) is 0 Å². The van der Waals surface area contributed by atoms with Crippen LogP contribution in [-0.4, -0.2) is 44.0 Å². The summed E-state index contributed by atoms with van der Waals surface area (Å²) < 4.78 is 10.6. The second-order valence-corrected chi connectivity index (χ2v) is 6.14. The molecular formula is C20H21N3O5. The molecule has 1 aliphatic rings. The fourth-order valence-corrected chi connectivity index (χ4v) is 2.74. The quantitative estimate of drug-likeness (QED) is 0.626. The molecule has 2 aromatic rings. The number of nitrogens with one attached hydrogen (secondary N) is 3. The number of ether oxygens (including phenoxy) is 2. The van der Waals surface area contributed by atoms with Crippen molar-refractivity contribution in [2.24, 2.45) is 0 Å². The van der Waals surface area contributed by atoms with Gasteiger partial charge in [-0.15, -0.1) is 0 Å². The van der Waals surface area contributed by atoms with Crippen molar-refractivity contribution in [1.29, 1.82) is 0 Å². The molecule has 8 heteroatoms. The fourth-order valence-electron chi connectivity index (χ4n) is 2.74. The van der Waals surface area contributed by atoms with Gasteiger partial charge in [-0.05, 0) is 36.4 Å². The molecular weight excluding hydrogens is 362 g/mol. The molecule has 0 aromatic heterocycles. The highest BCUT2D eigenvalue weighted by Gasteiger charge is 2.29. The molecule has 0 unspecified atom stereocenters. The Balaban J connectivity index is 1.45. The van der Waals surface area contributed by atoms with Crippen molar-refractivity contribution >= 4 is 23.4 Å². The molecule has 0 spiro atoms. The zero-order valence-corrected chi connectivity index (χ0v) is 15.4. The SMILES string of the molecule is COc1ccc(OCCNC(=O)C[C@@H]2NC(=O)c3ccccc3NC2=O)cc1. The zero-order chi connectivity index (χ0) is 19.9. The zero-order valence-electron chi connectivity index (χ0n) is 15.4. The maximum absolute atomic E-state index is 12.3. The summed E-state index contributed by atoms with van der Waals surface area (Å²) in [5.74, 6) is 0.206. The summed E-state index contributed by atoms with van der Waals surface area (Å²) in [5.41, 5.74) is 0.799. The Kier molecular flexibility index (Phi) is 6.11. The number of anilines is 1. The van der Waals surface area contributed by atoms with Gasteiger partial charge < -0.3 is 25.4 Å². The molecule has 0 fully saturated rings. The van der Waals surface area contributed by atoms with E-state index in [9.17, 15) is 14.4 Å². The predicted octanol–water partition coefficient (Wildman–Crippen LogP) is 1.33. The van der Waals surface area contributed by atoms with Crippen LogP contribution in [0.2, 0.25) is 0 Å². The Morgan fingerprint density at radius 2 is 1.79 bits per heavy atom. The first-order valence-electron chi connectivity index (χ1n) is 8.81. The van der Waals surface area contributed by atoms with Crippen LogP contribution in [0.4, 0.5) is 5.69 Å². The van der Waals surface area contributed by atoms with Gasteiger partial charge in [0, 0.05) is 0 Å². The van der Waals surface area contributed by atoms with Crippen molar-refractivity contribution in [2.75, 3.05) is 25.6 Å². The van der Waals surface area contributed by atoms with E-state index < -0.39 is 17.9 Å². The maximum Gasteiger partial charge on any atom is 0.254 e. The van der Waals surface area contributed by atoms with Gasteiger partial charge in [0.1, 0.15) is 24.1 Å². The first-order valence-corrected chi connectivity index (χ1v) is 8.81. The number of para-hydroxylation sites is 1. The van der Waals surface area contributed by atoms with Gasteiger partial charge in [-0.2, -0.15) is 0 Å². The molecule has 2 aromatic carbocycles. The van der Waals surface area contributed by atoms with E-state index in [1.54, 1.807) is 55.6 Å². The Hall–Kier alpha value is -3.55. The van der Waals surface area contributed by atoms with E-state index in [-0.39, 0.29) is 25.5 Å². The Labute approximate surface area is 162 Å². The summed E-state index contributed by atoms with van der Waals surface area (Å²) in [4.78, 5) is 36.7. The average Bonchev–Trinajstić information content (AvgIpc) is 2.82. The second kappa shape index (κ2) is 8.90. The largest absolute Gasteiger partial charge is 0.497 e. The highest BCUT2D eigenvalue weighted by atomic mass is 16.5. The van der Waals surface area contributed by atoms with E-state index >= 15 is 0 Å². The van der Waals surface area contributed by atoms with Crippen molar-refractivity contribution in [3.05, 3.63) is 54.1 Å². The molecule has 0 saturated carbocycles. The molecule has 28 heavy (non-hydrogen) atoms. The average molecular weight is 383 g/mol. The van der Waals surface area contributed by atoms with Crippen LogP contribution in [-0.2, 0) is 9.59 Å². The van der Waals surface area contributed by atoms with E-state index in [0.29, 0.717) is 17.0 Å². The van der Waals surface area contributed by atoms with Crippen LogP contribution >= 0.6 is 0 Å². The van der Waals surface area contributed by atoms with E-state index in [4.69, 9.17) is 9.47 Å². The standard InChI is InChI=1S/C20H21N3O5/c1-27-13-6-8-14(9-7-13)28-11-10-21-18(24)12-17-20(26)22-16-5-3-2-4-15(16)19(25)23-17/h2-9,17H,10-12H2,1H3,(H,21,24)(H,22,26)(H,23,25)/t17-/m0/s1. The number of amides is 3. The number of hydrogen-bond acceptors (Lipinski definition) is 5. The van der Waals surface area contributed by atoms with E-state index in [1.165, 1.54) is 0 Å². The molecule has 3 rings (SSSR count). The molecule has 1 aliphatic heterocycles.